The molecule has 0 spiro atoms. The molecule has 0 unspecified atom stereocenters. The Balaban J connectivity index is 1.05. The van der Waals surface area contributed by atoms with Crippen molar-refractivity contribution in [2.45, 2.75) is 58.9 Å². The smallest absolute Gasteiger partial charge is 0.127 e. The van der Waals surface area contributed by atoms with Crippen LogP contribution in [0.25, 0.3) is 98.0 Å². The summed E-state index contributed by atoms with van der Waals surface area (Å²) >= 11 is 0. The SMILES string of the molecule is C[Si](C)(C)C#Cc1ccc2ccccc2c1-c1c(C#Cc2cc(C#Cc3ccc4ccccc4c3-c3c(C#C[Si](C)(C)C)ccc4ccccc34)cc(C#Cc3ccc4ccccc4c3-c3c(C#C[Si](C)(C)C)ccc4ccccc34)c2)ccc2ccccc12. The lowest BCUT2D eigenvalue weighted by atomic mass is 9.87. The summed E-state index contributed by atoms with van der Waals surface area (Å²) in [4.78, 5) is 0. The third-order valence-corrected chi connectivity index (χ3v) is 18.6. The van der Waals surface area contributed by atoms with Gasteiger partial charge in [-0.05, 0) is 119 Å². The van der Waals surface area contributed by atoms with Crippen molar-refractivity contribution < 1.29 is 0 Å². The van der Waals surface area contributed by atoms with Crippen molar-refractivity contribution in [2.75, 3.05) is 0 Å². The second-order valence-electron chi connectivity index (χ2n) is 26.3. The summed E-state index contributed by atoms with van der Waals surface area (Å²) in [5, 5.41) is 13.7. The number of hydrogen-bond donors (Lipinski definition) is 0. The predicted molar refractivity (Wildman–Crippen MR) is 396 cm³/mol. The molecule has 0 saturated carbocycles. The fraction of sp³-hybridized carbons (Fsp3) is 0.103. The summed E-state index contributed by atoms with van der Waals surface area (Å²) < 4.78 is 0. The molecule has 0 aliphatic heterocycles. The standard InChI is InChI=1S/C87H66Si3/c1-88(2,3)55-52-73-49-43-67-25-13-19-31-79(67)85(73)82-70(46-40-64-22-10-16-28-76(64)82)37-34-61-58-62(35-38-71-47-41-65-23-11-17-29-77(65)83(71)86-74(53-56-89(4,5)6)50-44-68-26-14-20-32-80(68)86)60-63(59-61)36-39-72-48-42-66-24-12-18-30-78(66)84(72)87-75(54-57-90(7,8)9)51-45-69-27-15-21-33-81(69)87/h10-33,40-51,58-60H,1-9H3. The highest BCUT2D eigenvalue weighted by atomic mass is 28.3. The van der Waals surface area contributed by atoms with Crippen LogP contribution in [0.2, 0.25) is 58.9 Å². The molecule has 426 valence electrons. The Kier molecular flexibility index (Phi) is 15.7. The van der Waals surface area contributed by atoms with Crippen LogP contribution >= 0.6 is 0 Å². The first-order chi connectivity index (χ1) is 43.5. The molecule has 0 nitrogen and oxygen atoms in total. The molecule has 0 aliphatic rings. The molecular formula is C87H66Si3. The zero-order valence-corrected chi connectivity index (χ0v) is 55.5. The van der Waals surface area contributed by atoms with Crippen molar-refractivity contribution in [3.8, 4) is 103 Å². The van der Waals surface area contributed by atoms with Gasteiger partial charge in [0, 0.05) is 83.5 Å². The minimum absolute atomic E-state index is 0.801. The van der Waals surface area contributed by atoms with E-state index >= 15 is 0 Å². The van der Waals surface area contributed by atoms with E-state index in [1.54, 1.807) is 0 Å². The topological polar surface area (TPSA) is 0 Å². The van der Waals surface area contributed by atoms with Crippen LogP contribution in [-0.4, -0.2) is 24.2 Å². The molecule has 90 heavy (non-hydrogen) atoms. The monoisotopic (exact) mass is 1190 g/mol. The Morgan fingerprint density at radius 3 is 0.556 bits per heavy atom. The largest absolute Gasteiger partial charge is 0.129 e. The average Bonchev–Trinajstić information content (AvgIpc) is 0.803. The van der Waals surface area contributed by atoms with E-state index in [1.165, 1.54) is 0 Å². The molecule has 0 saturated heterocycles. The fourth-order valence-electron chi connectivity index (χ4n) is 11.9. The van der Waals surface area contributed by atoms with Gasteiger partial charge in [0.25, 0.3) is 0 Å². The van der Waals surface area contributed by atoms with E-state index < -0.39 is 24.2 Å². The zero-order chi connectivity index (χ0) is 62.2. The molecule has 0 fully saturated rings. The first-order valence-corrected chi connectivity index (χ1v) is 41.4. The van der Waals surface area contributed by atoms with Gasteiger partial charge in [0.05, 0.1) is 0 Å². The van der Waals surface area contributed by atoms with Gasteiger partial charge >= 0.3 is 0 Å². The Bertz CT molecular complexity index is 4970. The lowest BCUT2D eigenvalue weighted by molar-refractivity contribution is 1.55. The highest BCUT2D eigenvalue weighted by Gasteiger charge is 2.21. The number of hydrogen-bond acceptors (Lipinski definition) is 0. The van der Waals surface area contributed by atoms with Gasteiger partial charge in [-0.15, -0.1) is 16.6 Å². The maximum atomic E-state index is 3.77. The van der Waals surface area contributed by atoms with Crippen molar-refractivity contribution >= 4 is 88.9 Å². The number of fused-ring (bicyclic) bond motifs is 6. The molecule has 13 aromatic carbocycles. The van der Waals surface area contributed by atoms with E-state index in [0.717, 1.165) is 148 Å². The molecule has 0 radical (unpaired) electrons. The van der Waals surface area contributed by atoms with E-state index in [2.05, 4.69) is 365 Å². The Morgan fingerprint density at radius 1 is 0.189 bits per heavy atom. The van der Waals surface area contributed by atoms with Gasteiger partial charge in [0.15, 0.2) is 0 Å². The van der Waals surface area contributed by atoms with Crippen LogP contribution in [0.1, 0.15) is 50.1 Å². The van der Waals surface area contributed by atoms with E-state index in [4.69, 9.17) is 0 Å². The van der Waals surface area contributed by atoms with E-state index in [9.17, 15) is 0 Å². The van der Waals surface area contributed by atoms with Crippen molar-refractivity contribution in [1.82, 2.24) is 0 Å². The van der Waals surface area contributed by atoms with Crippen molar-refractivity contribution in [1.29, 1.82) is 0 Å². The first-order valence-electron chi connectivity index (χ1n) is 30.9. The maximum absolute atomic E-state index is 3.77. The van der Waals surface area contributed by atoms with Crippen LogP contribution in [0.4, 0.5) is 0 Å². The molecular weight excluding hydrogens is 1130 g/mol. The quantitative estimate of drug-likeness (QED) is 0.122. The minimum Gasteiger partial charge on any atom is -0.127 e. The van der Waals surface area contributed by atoms with Gasteiger partial charge in [0.1, 0.15) is 24.2 Å². The zero-order valence-electron chi connectivity index (χ0n) is 52.5. The second kappa shape index (κ2) is 24.2. The van der Waals surface area contributed by atoms with Crippen LogP contribution in [0.3, 0.4) is 0 Å². The summed E-state index contributed by atoms with van der Waals surface area (Å²) in [5.41, 5.74) is 25.8. The van der Waals surface area contributed by atoms with Gasteiger partial charge in [-0.25, -0.2) is 0 Å². The Morgan fingerprint density at radius 2 is 0.367 bits per heavy atom. The first kappa shape index (κ1) is 58.4. The molecule has 13 rings (SSSR count). The van der Waals surface area contributed by atoms with E-state index in [-0.39, 0.29) is 0 Å². The lowest BCUT2D eigenvalue weighted by Crippen LogP contribution is -2.16. The number of benzene rings is 13. The molecule has 0 N–H and O–H groups in total. The third-order valence-electron chi connectivity index (χ3n) is 16.0. The molecule has 0 bridgehead atoms. The highest BCUT2D eigenvalue weighted by molar-refractivity contribution is 6.84. The van der Waals surface area contributed by atoms with Crippen molar-refractivity contribution in [2.24, 2.45) is 0 Å². The summed E-state index contributed by atoms with van der Waals surface area (Å²) in [7, 11) is -5.28. The van der Waals surface area contributed by atoms with Crippen LogP contribution in [0, 0.1) is 69.9 Å². The predicted octanol–water partition coefficient (Wildman–Crippen LogP) is 21.5. The minimum atomic E-state index is -1.76. The van der Waals surface area contributed by atoms with E-state index in [1.807, 2.05) is 0 Å². The molecule has 0 aliphatic carbocycles. The van der Waals surface area contributed by atoms with Gasteiger partial charge in [-0.2, -0.15) is 0 Å². The molecule has 0 atom stereocenters. The average molecular weight is 1200 g/mol. The molecule has 0 heterocycles. The molecule has 3 heteroatoms. The van der Waals surface area contributed by atoms with Gasteiger partial charge < -0.3 is 0 Å². The Labute approximate surface area is 534 Å². The van der Waals surface area contributed by atoms with Gasteiger partial charge in [-0.3, -0.25) is 0 Å². The summed E-state index contributed by atoms with van der Waals surface area (Å²) in [6, 6.07) is 84.6. The summed E-state index contributed by atoms with van der Waals surface area (Å²) in [6.45, 7) is 20.7. The normalized spacial score (nSPS) is 11.3. The van der Waals surface area contributed by atoms with Gasteiger partial charge in [0.2, 0.25) is 0 Å². The Hall–Kier alpha value is -10.6. The van der Waals surface area contributed by atoms with Crippen molar-refractivity contribution in [3.05, 3.63) is 287 Å². The summed E-state index contributed by atoms with van der Waals surface area (Å²) in [5.74, 6) is 33.6. The third kappa shape index (κ3) is 12.5. The van der Waals surface area contributed by atoms with Crippen molar-refractivity contribution in [3.63, 3.8) is 0 Å². The van der Waals surface area contributed by atoms with Crippen LogP contribution in [0.15, 0.2) is 237 Å². The second-order valence-corrected chi connectivity index (χ2v) is 40.6. The maximum Gasteiger partial charge on any atom is 0.129 e. The summed E-state index contributed by atoms with van der Waals surface area (Å²) in [6.07, 6.45) is 0. The van der Waals surface area contributed by atoms with E-state index in [0.29, 0.717) is 0 Å². The number of rotatable bonds is 3. The van der Waals surface area contributed by atoms with Gasteiger partial charge in [-0.1, -0.05) is 294 Å². The van der Waals surface area contributed by atoms with Crippen LogP contribution < -0.4 is 0 Å². The van der Waals surface area contributed by atoms with Crippen LogP contribution in [-0.2, 0) is 0 Å². The molecule has 13 aromatic rings. The lowest BCUT2D eigenvalue weighted by Gasteiger charge is -2.16. The highest BCUT2D eigenvalue weighted by Crippen LogP contribution is 2.42. The fourth-order valence-corrected chi connectivity index (χ4v) is 13.4. The molecule has 0 amide bonds. The molecule has 0 aromatic heterocycles. The van der Waals surface area contributed by atoms with Crippen LogP contribution in [0.5, 0.6) is 0 Å².